The summed E-state index contributed by atoms with van der Waals surface area (Å²) in [5.41, 5.74) is 2.56. The molecule has 0 spiro atoms. The number of hydrogen-bond acceptors (Lipinski definition) is 2. The molecule has 0 aromatic heterocycles. The summed E-state index contributed by atoms with van der Waals surface area (Å²) in [4.78, 5) is 14.6. The zero-order valence-corrected chi connectivity index (χ0v) is 13.1. The highest BCUT2D eigenvalue weighted by Gasteiger charge is 2.43. The molecule has 1 saturated heterocycles. The SMILES string of the molecule is CCc1ccc(CN(C)C(=O)C2NCC3CCCC32)cc1. The summed E-state index contributed by atoms with van der Waals surface area (Å²) >= 11 is 0. The largest absolute Gasteiger partial charge is 0.340 e. The Morgan fingerprint density at radius 2 is 1.95 bits per heavy atom. The third kappa shape index (κ3) is 2.98. The number of fused-ring (bicyclic) bond motifs is 1. The van der Waals surface area contributed by atoms with Crippen LogP contribution in [0.2, 0.25) is 0 Å². The minimum Gasteiger partial charge on any atom is -0.340 e. The Labute approximate surface area is 127 Å². The van der Waals surface area contributed by atoms with Crippen LogP contribution in [0.3, 0.4) is 0 Å². The fraction of sp³-hybridized carbons (Fsp3) is 0.611. The average molecular weight is 286 g/mol. The van der Waals surface area contributed by atoms with Crippen molar-refractivity contribution < 1.29 is 4.79 Å². The molecule has 2 aliphatic rings. The molecule has 1 aromatic carbocycles. The third-order valence-corrected chi connectivity index (χ3v) is 5.24. The van der Waals surface area contributed by atoms with E-state index in [1.54, 1.807) is 0 Å². The number of amides is 1. The van der Waals surface area contributed by atoms with Gasteiger partial charge in [-0.3, -0.25) is 4.79 Å². The Kier molecular flexibility index (Phi) is 4.29. The average Bonchev–Trinajstić information content (AvgIpc) is 3.10. The number of aryl methyl sites for hydroxylation is 1. The van der Waals surface area contributed by atoms with E-state index >= 15 is 0 Å². The van der Waals surface area contributed by atoms with Gasteiger partial charge < -0.3 is 10.2 Å². The number of nitrogens with zero attached hydrogens (tertiary/aromatic N) is 1. The second-order valence-electron chi connectivity index (χ2n) is 6.61. The smallest absolute Gasteiger partial charge is 0.240 e. The normalized spacial score (nSPS) is 27.6. The first-order valence-corrected chi connectivity index (χ1v) is 8.25. The highest BCUT2D eigenvalue weighted by molar-refractivity contribution is 5.82. The molecule has 0 radical (unpaired) electrons. The Morgan fingerprint density at radius 1 is 1.24 bits per heavy atom. The number of carbonyl (C=O) groups excluding carboxylic acids is 1. The number of hydrogen-bond donors (Lipinski definition) is 1. The van der Waals surface area contributed by atoms with E-state index in [-0.39, 0.29) is 11.9 Å². The summed E-state index contributed by atoms with van der Waals surface area (Å²) in [6.07, 6.45) is 4.86. The molecule has 114 valence electrons. The van der Waals surface area contributed by atoms with Crippen LogP contribution in [-0.4, -0.2) is 30.4 Å². The van der Waals surface area contributed by atoms with Gasteiger partial charge in [0.05, 0.1) is 6.04 Å². The fourth-order valence-corrected chi connectivity index (χ4v) is 3.93. The van der Waals surface area contributed by atoms with Gasteiger partial charge in [0.15, 0.2) is 0 Å². The summed E-state index contributed by atoms with van der Waals surface area (Å²) in [6.45, 7) is 3.90. The predicted octanol–water partition coefficient (Wildman–Crippen LogP) is 2.60. The molecule has 3 atom stereocenters. The van der Waals surface area contributed by atoms with Crippen LogP contribution in [0.15, 0.2) is 24.3 Å². The van der Waals surface area contributed by atoms with Gasteiger partial charge in [0, 0.05) is 13.6 Å². The predicted molar refractivity (Wildman–Crippen MR) is 84.9 cm³/mol. The van der Waals surface area contributed by atoms with Crippen LogP contribution in [-0.2, 0) is 17.8 Å². The molecule has 3 heteroatoms. The molecule has 1 N–H and O–H groups in total. The van der Waals surface area contributed by atoms with E-state index in [2.05, 4.69) is 36.5 Å². The van der Waals surface area contributed by atoms with Gasteiger partial charge in [-0.1, -0.05) is 37.6 Å². The first kappa shape index (κ1) is 14.6. The number of carbonyl (C=O) groups is 1. The van der Waals surface area contributed by atoms with Crippen molar-refractivity contribution in [1.82, 2.24) is 10.2 Å². The van der Waals surface area contributed by atoms with E-state index in [0.717, 1.165) is 18.9 Å². The summed E-state index contributed by atoms with van der Waals surface area (Å²) in [7, 11) is 1.93. The summed E-state index contributed by atoms with van der Waals surface area (Å²) in [5.74, 6) is 1.57. The molecular weight excluding hydrogens is 260 g/mol. The Hall–Kier alpha value is -1.35. The highest BCUT2D eigenvalue weighted by atomic mass is 16.2. The molecule has 1 aromatic rings. The van der Waals surface area contributed by atoms with Crippen LogP contribution in [0.25, 0.3) is 0 Å². The lowest BCUT2D eigenvalue weighted by atomic mass is 9.93. The van der Waals surface area contributed by atoms with Crippen molar-refractivity contribution in [3.8, 4) is 0 Å². The number of nitrogens with one attached hydrogen (secondary N) is 1. The van der Waals surface area contributed by atoms with E-state index in [4.69, 9.17) is 0 Å². The summed E-state index contributed by atoms with van der Waals surface area (Å²) in [6, 6.07) is 8.66. The van der Waals surface area contributed by atoms with Crippen LogP contribution in [0.5, 0.6) is 0 Å². The van der Waals surface area contributed by atoms with Gasteiger partial charge >= 0.3 is 0 Å². The monoisotopic (exact) mass is 286 g/mol. The molecule has 2 fully saturated rings. The van der Waals surface area contributed by atoms with Crippen molar-refractivity contribution >= 4 is 5.91 Å². The Balaban J connectivity index is 1.61. The van der Waals surface area contributed by atoms with Crippen molar-refractivity contribution in [1.29, 1.82) is 0 Å². The molecule has 1 amide bonds. The molecule has 1 heterocycles. The lowest BCUT2D eigenvalue weighted by Gasteiger charge is -2.24. The van der Waals surface area contributed by atoms with E-state index in [0.29, 0.717) is 12.5 Å². The molecule has 3 rings (SSSR count). The maximum absolute atomic E-state index is 12.7. The van der Waals surface area contributed by atoms with Crippen LogP contribution in [0.4, 0.5) is 0 Å². The number of benzene rings is 1. The quantitative estimate of drug-likeness (QED) is 0.922. The van der Waals surface area contributed by atoms with Gasteiger partial charge in [-0.05, 0) is 48.8 Å². The number of rotatable bonds is 4. The molecular formula is C18H26N2O. The van der Waals surface area contributed by atoms with Gasteiger partial charge in [-0.2, -0.15) is 0 Å². The maximum Gasteiger partial charge on any atom is 0.240 e. The maximum atomic E-state index is 12.7. The van der Waals surface area contributed by atoms with E-state index in [1.807, 2.05) is 11.9 Å². The lowest BCUT2D eigenvalue weighted by Crippen LogP contribution is -2.44. The first-order chi connectivity index (χ1) is 10.2. The van der Waals surface area contributed by atoms with Crippen molar-refractivity contribution in [3.63, 3.8) is 0 Å². The van der Waals surface area contributed by atoms with Crippen molar-refractivity contribution in [2.45, 2.75) is 45.2 Å². The lowest BCUT2D eigenvalue weighted by molar-refractivity contribution is -0.133. The molecule has 3 unspecified atom stereocenters. The minimum absolute atomic E-state index is 0.0532. The van der Waals surface area contributed by atoms with Crippen LogP contribution in [0.1, 0.15) is 37.3 Å². The molecule has 0 bridgehead atoms. The van der Waals surface area contributed by atoms with Gasteiger partial charge in [-0.15, -0.1) is 0 Å². The van der Waals surface area contributed by atoms with Crippen LogP contribution < -0.4 is 5.32 Å². The highest BCUT2D eigenvalue weighted by Crippen LogP contribution is 2.38. The van der Waals surface area contributed by atoms with Gasteiger partial charge in [-0.25, -0.2) is 0 Å². The standard InChI is InChI=1S/C18H26N2O/c1-3-13-7-9-14(10-8-13)12-20(2)18(21)17-16-6-4-5-15(16)11-19-17/h7-10,15-17,19H,3-6,11-12H2,1-2H3. The van der Waals surface area contributed by atoms with Gasteiger partial charge in [0.25, 0.3) is 0 Å². The van der Waals surface area contributed by atoms with Crippen LogP contribution >= 0.6 is 0 Å². The number of likely N-dealkylation sites (N-methyl/N-ethyl adjacent to an activating group) is 1. The Morgan fingerprint density at radius 3 is 2.67 bits per heavy atom. The fourth-order valence-electron chi connectivity index (χ4n) is 3.93. The van der Waals surface area contributed by atoms with Gasteiger partial charge in [0.1, 0.15) is 0 Å². The summed E-state index contributed by atoms with van der Waals surface area (Å²) < 4.78 is 0. The van der Waals surface area contributed by atoms with E-state index < -0.39 is 0 Å². The van der Waals surface area contributed by atoms with E-state index in [9.17, 15) is 4.79 Å². The second kappa shape index (κ2) is 6.18. The summed E-state index contributed by atoms with van der Waals surface area (Å²) in [5, 5.41) is 3.45. The van der Waals surface area contributed by atoms with E-state index in [1.165, 1.54) is 30.4 Å². The second-order valence-corrected chi connectivity index (χ2v) is 6.61. The minimum atomic E-state index is 0.0532. The molecule has 21 heavy (non-hydrogen) atoms. The topological polar surface area (TPSA) is 32.3 Å². The zero-order chi connectivity index (χ0) is 14.8. The van der Waals surface area contributed by atoms with Crippen molar-refractivity contribution in [3.05, 3.63) is 35.4 Å². The van der Waals surface area contributed by atoms with Crippen LogP contribution in [0, 0.1) is 11.8 Å². The Bertz CT molecular complexity index is 496. The molecule has 1 saturated carbocycles. The van der Waals surface area contributed by atoms with Crippen molar-refractivity contribution in [2.75, 3.05) is 13.6 Å². The molecule has 1 aliphatic carbocycles. The molecule has 3 nitrogen and oxygen atoms in total. The molecule has 1 aliphatic heterocycles. The van der Waals surface area contributed by atoms with Crippen molar-refractivity contribution in [2.24, 2.45) is 11.8 Å². The third-order valence-electron chi connectivity index (χ3n) is 5.24. The zero-order valence-electron chi connectivity index (χ0n) is 13.1. The first-order valence-electron chi connectivity index (χ1n) is 8.25. The van der Waals surface area contributed by atoms with Gasteiger partial charge in [0.2, 0.25) is 5.91 Å².